The molecule has 0 radical (unpaired) electrons. The van der Waals surface area contributed by atoms with Crippen molar-refractivity contribution in [1.29, 1.82) is 0 Å². The Morgan fingerprint density at radius 2 is 1.95 bits per heavy atom. The zero-order valence-corrected chi connectivity index (χ0v) is 21.7. The van der Waals surface area contributed by atoms with E-state index in [1.54, 1.807) is 11.8 Å². The number of carbonyl (C=O) groups is 1. The third-order valence-electron chi connectivity index (χ3n) is 6.71. The Balaban J connectivity index is 1.59. The smallest absolute Gasteiger partial charge is 0.320 e. The number of hydrogen-bond acceptors (Lipinski definition) is 6. The van der Waals surface area contributed by atoms with E-state index in [9.17, 15) is 18.7 Å². The summed E-state index contributed by atoms with van der Waals surface area (Å²) in [6, 6.07) is 11.9. The van der Waals surface area contributed by atoms with Crippen LogP contribution < -0.4 is 15.4 Å². The zero-order valence-electron chi connectivity index (χ0n) is 21.7. The number of halogens is 2. The fourth-order valence-electron chi connectivity index (χ4n) is 4.79. The number of ether oxygens (including phenoxy) is 2. The molecule has 3 N–H and O–H groups in total. The van der Waals surface area contributed by atoms with Crippen molar-refractivity contribution in [2.24, 2.45) is 0 Å². The highest BCUT2D eigenvalue weighted by molar-refractivity contribution is 5.90. The summed E-state index contributed by atoms with van der Waals surface area (Å²) in [7, 11) is 1.55. The van der Waals surface area contributed by atoms with Crippen molar-refractivity contribution in [3.63, 3.8) is 0 Å². The number of aliphatic hydroxyl groups is 1. The number of urea groups is 1. The maximum Gasteiger partial charge on any atom is 0.320 e. The lowest BCUT2D eigenvalue weighted by Gasteiger charge is -2.25. The lowest BCUT2D eigenvalue weighted by Crippen LogP contribution is -2.44. The van der Waals surface area contributed by atoms with Crippen molar-refractivity contribution in [3.05, 3.63) is 71.3 Å². The Labute approximate surface area is 220 Å². The van der Waals surface area contributed by atoms with Crippen molar-refractivity contribution in [3.8, 4) is 11.6 Å². The van der Waals surface area contributed by atoms with Gasteiger partial charge in [-0.05, 0) is 43.7 Å². The number of carbonyl (C=O) groups excluding carboxylic acids is 1. The third kappa shape index (κ3) is 5.95. The van der Waals surface area contributed by atoms with Gasteiger partial charge in [0.2, 0.25) is 5.88 Å². The van der Waals surface area contributed by atoms with Gasteiger partial charge in [0.25, 0.3) is 0 Å². The summed E-state index contributed by atoms with van der Waals surface area (Å²) in [5.74, 6) is -1.38. The molecule has 2 unspecified atom stereocenters. The fraction of sp³-hybridized carbons (Fsp3) is 0.407. The number of amides is 2. The van der Waals surface area contributed by atoms with Crippen LogP contribution in [0, 0.1) is 18.6 Å². The number of benzene rings is 2. The molecule has 2 amide bonds. The monoisotopic (exact) mass is 529 g/mol. The molecule has 4 rings (SSSR count). The Hall–Kier alpha value is -3.54. The molecule has 9 nitrogen and oxygen atoms in total. The topological polar surface area (TPSA) is 101 Å². The van der Waals surface area contributed by atoms with Crippen molar-refractivity contribution >= 4 is 11.8 Å². The number of para-hydroxylation sites is 1. The van der Waals surface area contributed by atoms with Crippen LogP contribution in [0.25, 0.3) is 5.69 Å². The van der Waals surface area contributed by atoms with E-state index in [-0.39, 0.29) is 25.2 Å². The molecule has 2 aromatic carbocycles. The first-order valence-electron chi connectivity index (χ1n) is 12.5. The highest BCUT2D eigenvalue weighted by atomic mass is 19.2. The van der Waals surface area contributed by atoms with Crippen LogP contribution in [-0.2, 0) is 4.74 Å². The first-order valence-corrected chi connectivity index (χ1v) is 12.5. The third-order valence-corrected chi connectivity index (χ3v) is 6.71. The standard InChI is InChI=1S/C27H33F2N5O4/c1-4-38-26-17(2)25(34(32-26)19-8-6-5-7-9-19)31-27(36)30-24-14-33(20(15-35)16-37-3)13-21(24)18-10-11-22(28)23(29)12-18/h5-12,20-21,24,35H,4,13-16H2,1-3H3,(H2,30,31,36)/t20?,21-,24?/m0/s1. The normalized spacial score (nSPS) is 18.4. The lowest BCUT2D eigenvalue weighted by atomic mass is 9.94. The molecule has 38 heavy (non-hydrogen) atoms. The predicted octanol–water partition coefficient (Wildman–Crippen LogP) is 3.45. The van der Waals surface area contributed by atoms with Crippen LogP contribution in [-0.4, -0.2) is 77.9 Å². The van der Waals surface area contributed by atoms with Gasteiger partial charge in [0.1, 0.15) is 5.82 Å². The number of methoxy groups -OCH3 is 1. The van der Waals surface area contributed by atoms with E-state index in [1.165, 1.54) is 6.07 Å². The molecule has 0 spiro atoms. The molecular weight excluding hydrogens is 496 g/mol. The highest BCUT2D eigenvalue weighted by Gasteiger charge is 2.38. The number of aliphatic hydroxyl groups excluding tert-OH is 1. The van der Waals surface area contributed by atoms with Crippen molar-refractivity contribution in [2.45, 2.75) is 31.8 Å². The van der Waals surface area contributed by atoms with Crippen LogP contribution in [0.15, 0.2) is 48.5 Å². The molecule has 3 aromatic rings. The van der Waals surface area contributed by atoms with E-state index in [2.05, 4.69) is 15.7 Å². The molecule has 204 valence electrons. The average molecular weight is 530 g/mol. The zero-order chi connectivity index (χ0) is 27.2. The summed E-state index contributed by atoms with van der Waals surface area (Å²) in [5.41, 5.74) is 1.96. The first-order chi connectivity index (χ1) is 18.4. The van der Waals surface area contributed by atoms with Crippen LogP contribution in [0.3, 0.4) is 0 Å². The van der Waals surface area contributed by atoms with Crippen molar-refractivity contribution < 1.29 is 28.2 Å². The maximum atomic E-state index is 14.1. The van der Waals surface area contributed by atoms with Gasteiger partial charge in [0.15, 0.2) is 11.6 Å². The van der Waals surface area contributed by atoms with E-state index in [4.69, 9.17) is 9.47 Å². The maximum absolute atomic E-state index is 14.1. The molecule has 1 aliphatic heterocycles. The summed E-state index contributed by atoms with van der Waals surface area (Å²) >= 11 is 0. The largest absolute Gasteiger partial charge is 0.477 e. The molecule has 3 atom stereocenters. The van der Waals surface area contributed by atoms with Crippen LogP contribution >= 0.6 is 0 Å². The van der Waals surface area contributed by atoms with Crippen LogP contribution in [0.5, 0.6) is 5.88 Å². The Kier molecular flexibility index (Phi) is 8.93. The van der Waals surface area contributed by atoms with Gasteiger partial charge in [0.05, 0.1) is 43.2 Å². The number of hydrogen-bond donors (Lipinski definition) is 3. The Morgan fingerprint density at radius 1 is 1.18 bits per heavy atom. The van der Waals surface area contributed by atoms with Gasteiger partial charge in [-0.2, -0.15) is 0 Å². The second kappa shape index (κ2) is 12.3. The minimum Gasteiger partial charge on any atom is -0.477 e. The molecule has 0 aliphatic carbocycles. The van der Waals surface area contributed by atoms with Gasteiger partial charge >= 0.3 is 6.03 Å². The van der Waals surface area contributed by atoms with Gasteiger partial charge in [-0.25, -0.2) is 18.3 Å². The number of anilines is 1. The number of aromatic nitrogens is 2. The second-order valence-electron chi connectivity index (χ2n) is 9.19. The van der Waals surface area contributed by atoms with E-state index in [0.717, 1.165) is 17.8 Å². The summed E-state index contributed by atoms with van der Waals surface area (Å²) < 4.78 is 40.2. The van der Waals surface area contributed by atoms with Crippen LogP contribution in [0.1, 0.15) is 24.0 Å². The number of likely N-dealkylation sites (tertiary alicyclic amines) is 1. The van der Waals surface area contributed by atoms with E-state index < -0.39 is 23.7 Å². The Bertz CT molecular complexity index is 1240. The van der Waals surface area contributed by atoms with E-state index in [1.807, 2.05) is 49.1 Å². The van der Waals surface area contributed by atoms with E-state index in [0.29, 0.717) is 42.5 Å². The van der Waals surface area contributed by atoms with Gasteiger partial charge < -0.3 is 19.9 Å². The van der Waals surface area contributed by atoms with Gasteiger partial charge in [-0.1, -0.05) is 24.3 Å². The molecular formula is C27H33F2N5O4. The SMILES string of the molecule is CCOc1nn(-c2ccccc2)c(NC(=O)NC2CN(C(CO)COC)C[C@H]2c2ccc(F)c(F)c2)c1C. The summed E-state index contributed by atoms with van der Waals surface area (Å²) in [6.45, 7) is 5.02. The number of nitrogens with one attached hydrogen (secondary N) is 2. The van der Waals surface area contributed by atoms with Crippen molar-refractivity contribution in [2.75, 3.05) is 45.3 Å². The molecule has 1 aliphatic rings. The highest BCUT2D eigenvalue weighted by Crippen LogP contribution is 2.31. The molecule has 11 heteroatoms. The first kappa shape index (κ1) is 27.5. The predicted molar refractivity (Wildman–Crippen MR) is 139 cm³/mol. The lowest BCUT2D eigenvalue weighted by molar-refractivity contribution is 0.0641. The number of nitrogens with zero attached hydrogens (tertiary/aromatic N) is 3. The number of rotatable bonds is 10. The van der Waals surface area contributed by atoms with Gasteiger partial charge in [-0.3, -0.25) is 10.2 Å². The quantitative estimate of drug-likeness (QED) is 0.372. The summed E-state index contributed by atoms with van der Waals surface area (Å²) in [5, 5.41) is 20.3. The van der Waals surface area contributed by atoms with Crippen molar-refractivity contribution in [1.82, 2.24) is 20.0 Å². The van der Waals surface area contributed by atoms with Crippen LogP contribution in [0.4, 0.5) is 19.4 Å². The van der Waals surface area contributed by atoms with Gasteiger partial charge in [0, 0.05) is 26.1 Å². The minimum absolute atomic E-state index is 0.146. The second-order valence-corrected chi connectivity index (χ2v) is 9.19. The molecule has 1 aromatic heterocycles. The molecule has 0 bridgehead atoms. The fourth-order valence-corrected chi connectivity index (χ4v) is 4.79. The van der Waals surface area contributed by atoms with Crippen LogP contribution in [0.2, 0.25) is 0 Å². The van der Waals surface area contributed by atoms with Gasteiger partial charge in [-0.15, -0.1) is 5.10 Å². The Morgan fingerprint density at radius 3 is 2.61 bits per heavy atom. The summed E-state index contributed by atoms with van der Waals surface area (Å²) in [6.07, 6.45) is 0. The minimum atomic E-state index is -0.953. The molecule has 1 fully saturated rings. The van der Waals surface area contributed by atoms with E-state index >= 15 is 0 Å². The average Bonchev–Trinajstić information content (AvgIpc) is 3.46. The molecule has 1 saturated heterocycles. The molecule has 2 heterocycles. The molecule has 0 saturated carbocycles. The summed E-state index contributed by atoms with van der Waals surface area (Å²) in [4.78, 5) is 15.3.